The molecule has 0 spiro atoms. The van der Waals surface area contributed by atoms with E-state index in [1.807, 2.05) is 25.5 Å². The lowest BCUT2D eigenvalue weighted by atomic mass is 9.90. The SMILES string of the molecule is CCn1nc(C)c(Cl)c1CC(C)(O)CC(C)C. The second-order valence-corrected chi connectivity index (χ2v) is 5.81. The zero-order valence-electron chi connectivity index (χ0n) is 11.4. The van der Waals surface area contributed by atoms with Crippen LogP contribution in [0.2, 0.25) is 5.02 Å². The lowest BCUT2D eigenvalue weighted by Gasteiger charge is -2.25. The van der Waals surface area contributed by atoms with Gasteiger partial charge in [-0.2, -0.15) is 5.10 Å². The van der Waals surface area contributed by atoms with Crippen molar-refractivity contribution in [2.24, 2.45) is 5.92 Å². The van der Waals surface area contributed by atoms with E-state index in [1.165, 1.54) is 0 Å². The second kappa shape index (κ2) is 5.40. The van der Waals surface area contributed by atoms with Crippen molar-refractivity contribution in [3.8, 4) is 0 Å². The van der Waals surface area contributed by atoms with Crippen LogP contribution in [-0.2, 0) is 13.0 Å². The number of nitrogens with zero attached hydrogens (tertiary/aromatic N) is 2. The number of aliphatic hydroxyl groups is 1. The zero-order valence-corrected chi connectivity index (χ0v) is 12.2. The third-order valence-electron chi connectivity index (χ3n) is 2.85. The molecule has 1 heterocycles. The largest absolute Gasteiger partial charge is 0.390 e. The highest BCUT2D eigenvalue weighted by Crippen LogP contribution is 2.27. The summed E-state index contributed by atoms with van der Waals surface area (Å²) in [4.78, 5) is 0. The molecular weight excluding hydrogens is 236 g/mol. The molecule has 1 rings (SSSR count). The Labute approximate surface area is 109 Å². The third kappa shape index (κ3) is 3.71. The Morgan fingerprint density at radius 1 is 1.47 bits per heavy atom. The van der Waals surface area contributed by atoms with E-state index in [4.69, 9.17) is 11.6 Å². The van der Waals surface area contributed by atoms with E-state index in [0.29, 0.717) is 17.4 Å². The van der Waals surface area contributed by atoms with Crippen LogP contribution in [0.4, 0.5) is 0 Å². The molecule has 4 heteroatoms. The average Bonchev–Trinajstić information content (AvgIpc) is 2.43. The molecular formula is C13H23ClN2O. The summed E-state index contributed by atoms with van der Waals surface area (Å²) in [5.74, 6) is 0.461. The quantitative estimate of drug-likeness (QED) is 0.881. The second-order valence-electron chi connectivity index (χ2n) is 5.43. The Morgan fingerprint density at radius 3 is 2.53 bits per heavy atom. The first-order valence-electron chi connectivity index (χ1n) is 6.21. The van der Waals surface area contributed by atoms with Gasteiger partial charge in [-0.05, 0) is 33.1 Å². The molecule has 0 aliphatic rings. The molecule has 3 nitrogen and oxygen atoms in total. The molecule has 0 amide bonds. The molecule has 0 bridgehead atoms. The predicted octanol–water partition coefficient (Wildman–Crippen LogP) is 3.20. The Bertz CT molecular complexity index is 383. The van der Waals surface area contributed by atoms with Crippen molar-refractivity contribution < 1.29 is 5.11 Å². The Kier molecular flexibility index (Phi) is 4.62. The molecule has 1 aromatic rings. The van der Waals surface area contributed by atoms with Crippen molar-refractivity contribution in [1.29, 1.82) is 0 Å². The highest BCUT2D eigenvalue weighted by molar-refractivity contribution is 6.31. The van der Waals surface area contributed by atoms with Gasteiger partial charge in [0.05, 0.1) is 22.0 Å². The minimum atomic E-state index is -0.725. The minimum absolute atomic E-state index is 0.461. The number of halogens is 1. The van der Waals surface area contributed by atoms with Gasteiger partial charge in [0.2, 0.25) is 0 Å². The van der Waals surface area contributed by atoms with Crippen molar-refractivity contribution in [3.63, 3.8) is 0 Å². The van der Waals surface area contributed by atoms with E-state index in [-0.39, 0.29) is 0 Å². The van der Waals surface area contributed by atoms with Crippen LogP contribution in [-0.4, -0.2) is 20.5 Å². The summed E-state index contributed by atoms with van der Waals surface area (Å²) in [6.07, 6.45) is 1.32. The molecule has 0 radical (unpaired) electrons. The van der Waals surface area contributed by atoms with Gasteiger partial charge < -0.3 is 5.11 Å². The van der Waals surface area contributed by atoms with E-state index in [9.17, 15) is 5.11 Å². The van der Waals surface area contributed by atoms with Crippen LogP contribution >= 0.6 is 11.6 Å². The molecule has 1 N–H and O–H groups in total. The van der Waals surface area contributed by atoms with E-state index in [2.05, 4.69) is 18.9 Å². The molecule has 1 unspecified atom stereocenters. The first-order chi connectivity index (χ1) is 7.76. The van der Waals surface area contributed by atoms with Crippen LogP contribution in [0.25, 0.3) is 0 Å². The van der Waals surface area contributed by atoms with Crippen molar-refractivity contribution in [1.82, 2.24) is 9.78 Å². The summed E-state index contributed by atoms with van der Waals surface area (Å²) in [5, 5.41) is 15.4. The highest BCUT2D eigenvalue weighted by atomic mass is 35.5. The van der Waals surface area contributed by atoms with Gasteiger partial charge in [0.1, 0.15) is 0 Å². The fraction of sp³-hybridized carbons (Fsp3) is 0.769. The third-order valence-corrected chi connectivity index (χ3v) is 3.34. The average molecular weight is 259 g/mol. The van der Waals surface area contributed by atoms with E-state index >= 15 is 0 Å². The van der Waals surface area contributed by atoms with Gasteiger partial charge in [0.25, 0.3) is 0 Å². The summed E-state index contributed by atoms with van der Waals surface area (Å²) in [7, 11) is 0. The van der Waals surface area contributed by atoms with Gasteiger partial charge in [-0.1, -0.05) is 25.4 Å². The monoisotopic (exact) mass is 258 g/mol. The first kappa shape index (κ1) is 14.5. The predicted molar refractivity (Wildman–Crippen MR) is 71.4 cm³/mol. The number of aryl methyl sites for hydroxylation is 2. The van der Waals surface area contributed by atoms with Gasteiger partial charge in [-0.15, -0.1) is 0 Å². The number of aromatic nitrogens is 2. The zero-order chi connectivity index (χ0) is 13.2. The van der Waals surface area contributed by atoms with Gasteiger partial charge in [0.15, 0.2) is 0 Å². The number of hydrogen-bond acceptors (Lipinski definition) is 2. The van der Waals surface area contributed by atoms with Crippen LogP contribution in [0.15, 0.2) is 0 Å². The normalized spacial score (nSPS) is 15.3. The van der Waals surface area contributed by atoms with E-state index in [0.717, 1.165) is 24.4 Å². The van der Waals surface area contributed by atoms with E-state index < -0.39 is 5.60 Å². The van der Waals surface area contributed by atoms with Crippen molar-refractivity contribution in [2.75, 3.05) is 0 Å². The summed E-state index contributed by atoms with van der Waals surface area (Å²) in [5.41, 5.74) is 1.05. The maximum absolute atomic E-state index is 10.4. The smallest absolute Gasteiger partial charge is 0.0848 e. The molecule has 1 aromatic heterocycles. The van der Waals surface area contributed by atoms with Crippen LogP contribution in [0.1, 0.15) is 45.5 Å². The molecule has 0 saturated heterocycles. The molecule has 0 aliphatic heterocycles. The molecule has 0 aliphatic carbocycles. The van der Waals surface area contributed by atoms with Crippen LogP contribution in [0, 0.1) is 12.8 Å². The summed E-state index contributed by atoms with van der Waals surface area (Å²) < 4.78 is 1.88. The maximum atomic E-state index is 10.4. The Morgan fingerprint density at radius 2 is 2.06 bits per heavy atom. The van der Waals surface area contributed by atoms with Crippen LogP contribution < -0.4 is 0 Å². The van der Waals surface area contributed by atoms with Crippen LogP contribution in [0.5, 0.6) is 0 Å². The standard InChI is InChI=1S/C13H23ClN2O/c1-6-16-11(12(14)10(4)15-16)8-13(5,17)7-9(2)3/h9,17H,6-8H2,1-5H3. The minimum Gasteiger partial charge on any atom is -0.390 e. The molecule has 1 atom stereocenters. The van der Waals surface area contributed by atoms with Gasteiger partial charge in [-0.25, -0.2) is 0 Å². The van der Waals surface area contributed by atoms with Crippen molar-refractivity contribution >= 4 is 11.6 Å². The molecule has 98 valence electrons. The summed E-state index contributed by atoms with van der Waals surface area (Å²) in [6.45, 7) is 10.8. The lowest BCUT2D eigenvalue weighted by Crippen LogP contribution is -2.30. The Hall–Kier alpha value is -0.540. The van der Waals surface area contributed by atoms with Crippen molar-refractivity contribution in [2.45, 2.75) is 59.6 Å². The first-order valence-corrected chi connectivity index (χ1v) is 6.58. The lowest BCUT2D eigenvalue weighted by molar-refractivity contribution is 0.0369. The van der Waals surface area contributed by atoms with Crippen LogP contribution in [0.3, 0.4) is 0 Å². The summed E-state index contributed by atoms with van der Waals surface area (Å²) >= 11 is 6.24. The summed E-state index contributed by atoms with van der Waals surface area (Å²) in [6, 6.07) is 0. The number of hydrogen-bond donors (Lipinski definition) is 1. The fourth-order valence-corrected chi connectivity index (χ4v) is 2.55. The van der Waals surface area contributed by atoms with Gasteiger partial charge in [-0.3, -0.25) is 4.68 Å². The molecule has 0 aromatic carbocycles. The molecule has 0 saturated carbocycles. The topological polar surface area (TPSA) is 38.0 Å². The number of rotatable bonds is 5. The molecule has 17 heavy (non-hydrogen) atoms. The highest BCUT2D eigenvalue weighted by Gasteiger charge is 2.26. The molecule has 0 fully saturated rings. The van der Waals surface area contributed by atoms with Gasteiger partial charge >= 0.3 is 0 Å². The fourth-order valence-electron chi connectivity index (χ4n) is 2.35. The van der Waals surface area contributed by atoms with Gasteiger partial charge in [0, 0.05) is 13.0 Å². The maximum Gasteiger partial charge on any atom is 0.0848 e. The van der Waals surface area contributed by atoms with Crippen molar-refractivity contribution in [3.05, 3.63) is 16.4 Å². The van der Waals surface area contributed by atoms with E-state index in [1.54, 1.807) is 0 Å². The Balaban J connectivity index is 2.94.